The van der Waals surface area contributed by atoms with Gasteiger partial charge < -0.3 is 24.5 Å². The number of aromatic nitrogens is 2. The Balaban J connectivity index is 1.66. The fraction of sp³-hybridized carbons (Fsp3) is 0.375. The number of hydrogen-bond donors (Lipinski definition) is 2. The molecule has 1 aliphatic rings. The Morgan fingerprint density at radius 3 is 2.96 bits per heavy atom. The lowest BCUT2D eigenvalue weighted by molar-refractivity contribution is -0.0621. The minimum atomic E-state index is -1.36. The second kappa shape index (κ2) is 6.98. The Morgan fingerprint density at radius 2 is 2.25 bits per heavy atom. The molecule has 0 aliphatic carbocycles. The van der Waals surface area contributed by atoms with E-state index in [2.05, 4.69) is 9.97 Å². The molecule has 1 saturated heterocycles. The number of H-pyrrole nitrogens is 1. The molecular weight excluding hydrogens is 317 g/mol. The van der Waals surface area contributed by atoms with Gasteiger partial charge in [-0.3, -0.25) is 4.79 Å². The zero-order valence-electron chi connectivity index (χ0n) is 12.9. The molecule has 2 heterocycles. The maximum atomic E-state index is 12.9. The fourth-order valence-electron chi connectivity index (χ4n) is 2.47. The molecule has 1 fully saturated rings. The van der Waals surface area contributed by atoms with Crippen LogP contribution in [0.3, 0.4) is 0 Å². The van der Waals surface area contributed by atoms with Crippen LogP contribution in [-0.2, 0) is 4.74 Å². The first-order valence-corrected chi connectivity index (χ1v) is 7.52. The van der Waals surface area contributed by atoms with Crippen LogP contribution >= 0.6 is 0 Å². The molecule has 2 N–H and O–H groups in total. The smallest absolute Gasteiger partial charge is 0.272 e. The highest BCUT2D eigenvalue weighted by molar-refractivity contribution is 5.92. The number of aliphatic hydroxyl groups is 1. The zero-order chi connectivity index (χ0) is 17.0. The summed E-state index contributed by atoms with van der Waals surface area (Å²) in [4.78, 5) is 20.5. The van der Waals surface area contributed by atoms with E-state index in [-0.39, 0.29) is 31.5 Å². The Hall–Kier alpha value is -2.45. The number of hydrogen-bond acceptors (Lipinski definition) is 5. The van der Waals surface area contributed by atoms with Gasteiger partial charge in [0.25, 0.3) is 5.91 Å². The van der Waals surface area contributed by atoms with Gasteiger partial charge in [-0.15, -0.1) is 0 Å². The molecule has 0 saturated carbocycles. The first-order chi connectivity index (χ1) is 11.6. The number of nitrogens with one attached hydrogen (secondary N) is 1. The topological polar surface area (TPSA) is 87.7 Å². The third-order valence-corrected chi connectivity index (χ3v) is 3.70. The summed E-state index contributed by atoms with van der Waals surface area (Å²) in [5.41, 5.74) is -1.01. The van der Waals surface area contributed by atoms with E-state index in [0.717, 1.165) is 0 Å². The number of carbonyl (C=O) groups is 1. The molecule has 24 heavy (non-hydrogen) atoms. The molecule has 1 aliphatic heterocycles. The summed E-state index contributed by atoms with van der Waals surface area (Å²) in [7, 11) is 0. The summed E-state index contributed by atoms with van der Waals surface area (Å²) in [5.74, 6) is -0.200. The number of imidazole rings is 1. The van der Waals surface area contributed by atoms with E-state index >= 15 is 0 Å². The van der Waals surface area contributed by atoms with Crippen molar-refractivity contribution in [2.24, 2.45) is 0 Å². The molecule has 3 rings (SSSR count). The van der Waals surface area contributed by atoms with Crippen LogP contribution in [0.15, 0.2) is 36.8 Å². The molecule has 2 aromatic rings. The van der Waals surface area contributed by atoms with Gasteiger partial charge in [0.1, 0.15) is 29.5 Å². The molecule has 128 valence electrons. The van der Waals surface area contributed by atoms with Crippen molar-refractivity contribution in [3.63, 3.8) is 0 Å². The Labute approximate surface area is 138 Å². The highest BCUT2D eigenvalue weighted by Crippen LogP contribution is 2.18. The maximum Gasteiger partial charge on any atom is 0.272 e. The van der Waals surface area contributed by atoms with Crippen molar-refractivity contribution in [3.8, 4) is 5.75 Å². The van der Waals surface area contributed by atoms with Gasteiger partial charge in [0.2, 0.25) is 0 Å². The van der Waals surface area contributed by atoms with E-state index in [9.17, 15) is 14.3 Å². The second-order valence-electron chi connectivity index (χ2n) is 5.71. The molecule has 0 radical (unpaired) electrons. The Kier molecular flexibility index (Phi) is 4.77. The van der Waals surface area contributed by atoms with E-state index in [0.29, 0.717) is 24.6 Å². The molecule has 0 bridgehead atoms. The Bertz CT molecular complexity index is 677. The van der Waals surface area contributed by atoms with Crippen LogP contribution in [-0.4, -0.2) is 64.4 Å². The molecule has 1 aromatic heterocycles. The minimum absolute atomic E-state index is 0.0426. The van der Waals surface area contributed by atoms with Crippen LogP contribution in [0, 0.1) is 5.82 Å². The van der Waals surface area contributed by atoms with Gasteiger partial charge in [-0.1, -0.05) is 0 Å². The number of aromatic amines is 1. The summed E-state index contributed by atoms with van der Waals surface area (Å²) < 4.78 is 23.8. The quantitative estimate of drug-likeness (QED) is 0.864. The van der Waals surface area contributed by atoms with Crippen molar-refractivity contribution in [3.05, 3.63) is 48.3 Å². The van der Waals surface area contributed by atoms with Crippen LogP contribution in [0.5, 0.6) is 5.75 Å². The third-order valence-electron chi connectivity index (χ3n) is 3.70. The highest BCUT2D eigenvalue weighted by Gasteiger charge is 2.36. The van der Waals surface area contributed by atoms with Crippen LogP contribution in [0.25, 0.3) is 0 Å². The molecule has 0 spiro atoms. The summed E-state index contributed by atoms with van der Waals surface area (Å²) in [5, 5.41) is 10.7. The lowest BCUT2D eigenvalue weighted by atomic mass is 10.1. The van der Waals surface area contributed by atoms with Crippen LogP contribution < -0.4 is 4.74 Å². The fourth-order valence-corrected chi connectivity index (χ4v) is 2.47. The van der Waals surface area contributed by atoms with Gasteiger partial charge in [-0.25, -0.2) is 9.37 Å². The number of β-amino-alcohol motifs (C(OH)–C–C–N with tert-alkyl or cyclic N) is 1. The monoisotopic (exact) mass is 335 g/mol. The SMILES string of the molecule is O=C(c1cnc[nH]1)N1CCOC[C@@](O)(COc2ccc(F)cc2)C1. The minimum Gasteiger partial charge on any atom is -0.490 e. The van der Waals surface area contributed by atoms with Crippen molar-refractivity contribution in [2.75, 3.05) is 32.9 Å². The van der Waals surface area contributed by atoms with Crippen molar-refractivity contribution in [1.82, 2.24) is 14.9 Å². The van der Waals surface area contributed by atoms with E-state index in [1.54, 1.807) is 0 Å². The normalized spacial score (nSPS) is 21.3. The number of carbonyl (C=O) groups excluding carboxylic acids is 1. The first-order valence-electron chi connectivity index (χ1n) is 7.52. The lowest BCUT2D eigenvalue weighted by Crippen LogP contribution is -2.50. The third kappa shape index (κ3) is 3.90. The van der Waals surface area contributed by atoms with Gasteiger partial charge in [0.15, 0.2) is 0 Å². The molecule has 8 heteroatoms. The number of benzene rings is 1. The van der Waals surface area contributed by atoms with E-state index < -0.39 is 5.60 Å². The van der Waals surface area contributed by atoms with Crippen LogP contribution in [0.2, 0.25) is 0 Å². The summed E-state index contributed by atoms with van der Waals surface area (Å²) in [6.45, 7) is 0.702. The van der Waals surface area contributed by atoms with Gasteiger partial charge in [-0.05, 0) is 24.3 Å². The molecule has 1 amide bonds. The number of ether oxygens (including phenoxy) is 2. The van der Waals surface area contributed by atoms with Gasteiger partial charge in [0, 0.05) is 6.54 Å². The predicted octanol–water partition coefficient (Wildman–Crippen LogP) is 0.831. The predicted molar refractivity (Wildman–Crippen MR) is 82.2 cm³/mol. The van der Waals surface area contributed by atoms with Crippen LogP contribution in [0.1, 0.15) is 10.5 Å². The molecule has 7 nitrogen and oxygen atoms in total. The van der Waals surface area contributed by atoms with Crippen molar-refractivity contribution in [2.45, 2.75) is 5.60 Å². The van der Waals surface area contributed by atoms with Crippen molar-refractivity contribution >= 4 is 5.91 Å². The number of halogens is 1. The number of rotatable bonds is 4. The lowest BCUT2D eigenvalue weighted by Gasteiger charge is -2.30. The standard InChI is InChI=1S/C16H18FN3O4/c17-12-1-3-13(4-2-12)24-10-16(22)8-20(5-6-23-9-16)15(21)14-7-18-11-19-14/h1-4,7,11,22H,5-6,8-10H2,(H,18,19)/t16-/m1/s1. The average Bonchev–Trinajstić information content (AvgIpc) is 3.04. The summed E-state index contributed by atoms with van der Waals surface area (Å²) in [6.07, 6.45) is 2.85. The maximum absolute atomic E-state index is 12.9. The van der Waals surface area contributed by atoms with E-state index in [1.165, 1.54) is 41.7 Å². The summed E-state index contributed by atoms with van der Waals surface area (Å²) in [6, 6.07) is 5.50. The molecule has 0 unspecified atom stereocenters. The van der Waals surface area contributed by atoms with Gasteiger partial charge in [0.05, 0.1) is 32.3 Å². The first kappa shape index (κ1) is 16.4. The molecule has 1 atom stereocenters. The molecular formula is C16H18FN3O4. The largest absolute Gasteiger partial charge is 0.490 e. The zero-order valence-corrected chi connectivity index (χ0v) is 12.9. The second-order valence-corrected chi connectivity index (χ2v) is 5.71. The number of nitrogens with zero attached hydrogens (tertiary/aromatic N) is 2. The highest BCUT2D eigenvalue weighted by atomic mass is 19.1. The van der Waals surface area contributed by atoms with Crippen molar-refractivity contribution in [1.29, 1.82) is 0 Å². The van der Waals surface area contributed by atoms with E-state index in [1.807, 2.05) is 0 Å². The van der Waals surface area contributed by atoms with Gasteiger partial charge >= 0.3 is 0 Å². The van der Waals surface area contributed by atoms with Crippen LogP contribution in [0.4, 0.5) is 4.39 Å². The molecule has 1 aromatic carbocycles. The van der Waals surface area contributed by atoms with Gasteiger partial charge in [-0.2, -0.15) is 0 Å². The Morgan fingerprint density at radius 1 is 1.46 bits per heavy atom. The van der Waals surface area contributed by atoms with Crippen molar-refractivity contribution < 1.29 is 23.8 Å². The average molecular weight is 335 g/mol. The van der Waals surface area contributed by atoms with E-state index in [4.69, 9.17) is 9.47 Å². The number of amides is 1. The summed E-state index contributed by atoms with van der Waals surface area (Å²) >= 11 is 0.